The van der Waals surface area contributed by atoms with Crippen LogP contribution in [0.3, 0.4) is 0 Å². The van der Waals surface area contributed by atoms with E-state index in [1.807, 2.05) is 6.07 Å². The standard InChI is InChI=1S/C23H28N2O2/c1-25-14-19-13-21(27-16-17-8-10-24-11-9-17)6-7-22(19)23(15-25)18-4-3-5-20(12-18)26-2/h5-7,12-13,17,23-24H,8-11,14-16H2,1-2H3. The molecule has 0 radical (unpaired) electrons. The topological polar surface area (TPSA) is 33.7 Å². The lowest BCUT2D eigenvalue weighted by Gasteiger charge is -2.32. The molecule has 2 aliphatic heterocycles. The first kappa shape index (κ1) is 18.2. The minimum atomic E-state index is 0.281. The maximum atomic E-state index is 6.14. The summed E-state index contributed by atoms with van der Waals surface area (Å²) < 4.78 is 11.5. The largest absolute Gasteiger partial charge is 0.496 e. The van der Waals surface area contributed by atoms with Crippen LogP contribution in [-0.2, 0) is 6.54 Å². The monoisotopic (exact) mass is 364 g/mol. The molecule has 1 fully saturated rings. The predicted molar refractivity (Wildman–Crippen MR) is 106 cm³/mol. The quantitative estimate of drug-likeness (QED) is 0.883. The third-order valence-corrected chi connectivity index (χ3v) is 5.71. The second kappa shape index (κ2) is 8.21. The van der Waals surface area contributed by atoms with Gasteiger partial charge >= 0.3 is 0 Å². The van der Waals surface area contributed by atoms with Crippen molar-refractivity contribution in [2.75, 3.05) is 40.4 Å². The normalized spacial score (nSPS) is 20.6. The minimum absolute atomic E-state index is 0.281. The van der Waals surface area contributed by atoms with E-state index >= 15 is 0 Å². The highest BCUT2D eigenvalue weighted by atomic mass is 16.5. The fourth-order valence-corrected chi connectivity index (χ4v) is 4.17. The van der Waals surface area contributed by atoms with E-state index in [1.165, 1.54) is 24.0 Å². The van der Waals surface area contributed by atoms with Gasteiger partial charge < -0.3 is 19.7 Å². The number of piperidine rings is 1. The summed E-state index contributed by atoms with van der Waals surface area (Å²) in [4.78, 5) is 2.36. The van der Waals surface area contributed by atoms with Gasteiger partial charge in [0.15, 0.2) is 0 Å². The Morgan fingerprint density at radius 3 is 2.85 bits per heavy atom. The van der Waals surface area contributed by atoms with Crippen LogP contribution in [0, 0.1) is 18.1 Å². The van der Waals surface area contributed by atoms with E-state index in [4.69, 9.17) is 9.47 Å². The molecule has 1 N–H and O–H groups in total. The van der Waals surface area contributed by atoms with Crippen molar-refractivity contribution in [3.8, 4) is 11.5 Å². The molecule has 1 atom stereocenters. The second-order valence-corrected chi connectivity index (χ2v) is 7.73. The first-order valence-electron chi connectivity index (χ1n) is 9.85. The number of methoxy groups -OCH3 is 1. The van der Waals surface area contributed by atoms with E-state index in [9.17, 15) is 0 Å². The van der Waals surface area contributed by atoms with Gasteiger partial charge in [-0.3, -0.25) is 0 Å². The van der Waals surface area contributed by atoms with Gasteiger partial charge in [-0.15, -0.1) is 0 Å². The fraction of sp³-hybridized carbons (Fsp3) is 0.478. The molecule has 2 heterocycles. The number of ether oxygens (including phenoxy) is 2. The summed E-state index contributed by atoms with van der Waals surface area (Å²) in [7, 11) is 3.86. The van der Waals surface area contributed by atoms with Crippen molar-refractivity contribution < 1.29 is 9.47 Å². The van der Waals surface area contributed by atoms with Gasteiger partial charge in [0, 0.05) is 30.6 Å². The SMILES string of the molecule is COc1cc#cc(C2CN(C)Cc3cc(OCC4CCNCC4)ccc32)c1. The Kier molecular flexibility index (Phi) is 5.52. The Labute approximate surface area is 162 Å². The van der Waals surface area contributed by atoms with Crippen LogP contribution in [0.1, 0.15) is 35.4 Å². The highest BCUT2D eigenvalue weighted by molar-refractivity contribution is 5.44. The van der Waals surface area contributed by atoms with Crippen LogP contribution < -0.4 is 14.8 Å². The molecule has 0 saturated carbocycles. The molecule has 1 unspecified atom stereocenters. The Morgan fingerprint density at radius 2 is 2.04 bits per heavy atom. The van der Waals surface area contributed by atoms with E-state index in [-0.39, 0.29) is 5.92 Å². The van der Waals surface area contributed by atoms with E-state index in [0.29, 0.717) is 5.92 Å². The maximum Gasteiger partial charge on any atom is 0.128 e. The molecule has 0 amide bonds. The Balaban J connectivity index is 1.53. The summed E-state index contributed by atoms with van der Waals surface area (Å²) in [5.74, 6) is 2.77. The molecule has 2 aromatic carbocycles. The van der Waals surface area contributed by atoms with Crippen LogP contribution in [0.25, 0.3) is 0 Å². The lowest BCUT2D eigenvalue weighted by molar-refractivity contribution is 0.214. The van der Waals surface area contributed by atoms with Gasteiger partial charge in [-0.1, -0.05) is 18.2 Å². The summed E-state index contributed by atoms with van der Waals surface area (Å²) in [6.07, 6.45) is 2.41. The van der Waals surface area contributed by atoms with Crippen LogP contribution >= 0.6 is 0 Å². The van der Waals surface area contributed by atoms with Gasteiger partial charge in [0.1, 0.15) is 11.5 Å². The minimum Gasteiger partial charge on any atom is -0.496 e. The van der Waals surface area contributed by atoms with Crippen molar-refractivity contribution in [3.63, 3.8) is 0 Å². The third kappa shape index (κ3) is 4.21. The number of hydrogen-bond donors (Lipinski definition) is 1. The average Bonchev–Trinajstić information content (AvgIpc) is 2.72. The third-order valence-electron chi connectivity index (χ3n) is 5.71. The van der Waals surface area contributed by atoms with Crippen molar-refractivity contribution in [2.45, 2.75) is 25.3 Å². The van der Waals surface area contributed by atoms with E-state index < -0.39 is 0 Å². The molecular formula is C23H28N2O2. The first-order valence-corrected chi connectivity index (χ1v) is 9.85. The van der Waals surface area contributed by atoms with E-state index in [0.717, 1.165) is 49.8 Å². The summed E-state index contributed by atoms with van der Waals surface area (Å²) in [5.41, 5.74) is 3.83. The molecule has 0 spiro atoms. The zero-order chi connectivity index (χ0) is 18.6. The molecule has 2 aliphatic rings. The summed E-state index contributed by atoms with van der Waals surface area (Å²) in [6, 6.07) is 16.9. The van der Waals surface area contributed by atoms with Gasteiger partial charge in [-0.05, 0) is 68.2 Å². The lowest BCUT2D eigenvalue weighted by Crippen LogP contribution is -2.31. The number of nitrogens with zero attached hydrogens (tertiary/aromatic N) is 1. The number of benzene rings is 1. The van der Waals surface area contributed by atoms with Gasteiger partial charge in [0.05, 0.1) is 13.7 Å². The zero-order valence-corrected chi connectivity index (χ0v) is 16.3. The number of hydrogen-bond acceptors (Lipinski definition) is 4. The van der Waals surface area contributed by atoms with Crippen LogP contribution in [0.5, 0.6) is 11.5 Å². The first-order chi connectivity index (χ1) is 13.2. The summed E-state index contributed by atoms with van der Waals surface area (Å²) in [5, 5.41) is 3.41. The molecule has 4 heteroatoms. The Morgan fingerprint density at radius 1 is 1.19 bits per heavy atom. The number of fused-ring (bicyclic) bond motifs is 1. The van der Waals surface area contributed by atoms with Crippen molar-refractivity contribution in [1.29, 1.82) is 0 Å². The van der Waals surface area contributed by atoms with Crippen molar-refractivity contribution in [1.82, 2.24) is 10.2 Å². The van der Waals surface area contributed by atoms with Crippen LogP contribution in [-0.4, -0.2) is 45.3 Å². The number of nitrogens with one attached hydrogen (secondary N) is 1. The molecule has 142 valence electrons. The molecule has 1 saturated heterocycles. The Hall–Kier alpha value is -2.22. The van der Waals surface area contributed by atoms with Gasteiger partial charge in [-0.2, -0.15) is 0 Å². The molecule has 2 aromatic rings. The molecule has 4 rings (SSSR count). The van der Waals surface area contributed by atoms with Gasteiger partial charge in [-0.25, -0.2) is 0 Å². The molecule has 4 nitrogen and oxygen atoms in total. The Bertz CT molecular complexity index is 771. The zero-order valence-electron chi connectivity index (χ0n) is 16.3. The van der Waals surface area contributed by atoms with E-state index in [2.05, 4.69) is 53.7 Å². The van der Waals surface area contributed by atoms with Crippen molar-refractivity contribution in [3.05, 3.63) is 59.2 Å². The summed E-state index contributed by atoms with van der Waals surface area (Å²) in [6.45, 7) is 4.96. The second-order valence-electron chi connectivity index (χ2n) is 7.73. The summed E-state index contributed by atoms with van der Waals surface area (Å²) >= 11 is 0. The molecule has 0 bridgehead atoms. The van der Waals surface area contributed by atoms with Crippen LogP contribution in [0.2, 0.25) is 0 Å². The molecular weight excluding hydrogens is 336 g/mol. The van der Waals surface area contributed by atoms with E-state index in [1.54, 1.807) is 7.11 Å². The smallest absolute Gasteiger partial charge is 0.128 e. The van der Waals surface area contributed by atoms with Crippen molar-refractivity contribution >= 4 is 0 Å². The molecule has 0 aliphatic carbocycles. The predicted octanol–water partition coefficient (Wildman–Crippen LogP) is 3.25. The van der Waals surface area contributed by atoms with Gasteiger partial charge in [0.25, 0.3) is 0 Å². The number of rotatable bonds is 5. The van der Waals surface area contributed by atoms with Gasteiger partial charge in [0.2, 0.25) is 0 Å². The van der Waals surface area contributed by atoms with Crippen LogP contribution in [0.4, 0.5) is 0 Å². The van der Waals surface area contributed by atoms with Crippen molar-refractivity contribution in [2.24, 2.45) is 5.92 Å². The maximum absolute atomic E-state index is 6.14. The molecule has 0 aromatic heterocycles. The highest BCUT2D eigenvalue weighted by Crippen LogP contribution is 2.35. The average molecular weight is 364 g/mol. The molecule has 27 heavy (non-hydrogen) atoms. The van der Waals surface area contributed by atoms with Crippen LogP contribution in [0.15, 0.2) is 30.3 Å². The highest BCUT2D eigenvalue weighted by Gasteiger charge is 2.26. The lowest BCUT2D eigenvalue weighted by atomic mass is 9.85. The number of likely N-dealkylation sites (N-methyl/N-ethyl adjacent to an activating group) is 1. The fourth-order valence-electron chi connectivity index (χ4n) is 4.17.